The van der Waals surface area contributed by atoms with Crippen LogP contribution in [-0.4, -0.2) is 37.2 Å². The fourth-order valence-corrected chi connectivity index (χ4v) is 2.46. The van der Waals surface area contributed by atoms with Gasteiger partial charge in [-0.25, -0.2) is 0 Å². The second-order valence-corrected chi connectivity index (χ2v) is 5.17. The largest absolute Gasteiger partial charge is 0.508 e. The summed E-state index contributed by atoms with van der Waals surface area (Å²) >= 11 is 0. The molecule has 1 heterocycles. The monoisotopic (exact) mass is 234 g/mol. The van der Waals surface area contributed by atoms with E-state index in [2.05, 4.69) is 22.3 Å². The highest BCUT2D eigenvalue weighted by Crippen LogP contribution is 2.28. The van der Waals surface area contributed by atoms with E-state index in [1.54, 1.807) is 0 Å². The van der Waals surface area contributed by atoms with E-state index in [1.807, 2.05) is 20.2 Å². The van der Waals surface area contributed by atoms with Gasteiger partial charge in [0.05, 0.1) is 0 Å². The summed E-state index contributed by atoms with van der Waals surface area (Å²) in [7, 11) is 4.04. The maximum atomic E-state index is 9.84. The first-order chi connectivity index (χ1) is 8.16. The number of aromatic hydroxyl groups is 1. The van der Waals surface area contributed by atoms with E-state index in [4.69, 9.17) is 0 Å². The minimum absolute atomic E-state index is 0.409. The quantitative estimate of drug-likeness (QED) is 0.838. The molecule has 0 spiro atoms. The maximum absolute atomic E-state index is 9.84. The Hall–Kier alpha value is -1.06. The molecule has 0 aromatic heterocycles. The van der Waals surface area contributed by atoms with E-state index >= 15 is 0 Å². The van der Waals surface area contributed by atoms with Crippen LogP contribution >= 0.6 is 0 Å². The molecule has 3 nitrogen and oxygen atoms in total. The molecule has 2 N–H and O–H groups in total. The number of nitrogens with one attached hydrogen (secondary N) is 1. The van der Waals surface area contributed by atoms with Crippen LogP contribution in [0.3, 0.4) is 0 Å². The van der Waals surface area contributed by atoms with E-state index in [0.29, 0.717) is 11.7 Å². The Morgan fingerprint density at radius 1 is 1.41 bits per heavy atom. The van der Waals surface area contributed by atoms with Crippen LogP contribution in [0.25, 0.3) is 0 Å². The van der Waals surface area contributed by atoms with Crippen molar-refractivity contribution in [2.24, 2.45) is 0 Å². The highest BCUT2D eigenvalue weighted by Gasteiger charge is 2.16. The summed E-state index contributed by atoms with van der Waals surface area (Å²) in [5.41, 5.74) is 2.38. The van der Waals surface area contributed by atoms with Gasteiger partial charge in [-0.15, -0.1) is 0 Å². The van der Waals surface area contributed by atoms with Crippen molar-refractivity contribution in [3.05, 3.63) is 29.3 Å². The molecule has 1 aromatic carbocycles. The Morgan fingerprint density at radius 3 is 2.88 bits per heavy atom. The number of piperidine rings is 1. The third kappa shape index (κ3) is 3.20. The van der Waals surface area contributed by atoms with Crippen molar-refractivity contribution in [3.8, 4) is 5.75 Å². The Morgan fingerprint density at radius 2 is 2.24 bits per heavy atom. The van der Waals surface area contributed by atoms with Gasteiger partial charge < -0.3 is 15.3 Å². The highest BCUT2D eigenvalue weighted by atomic mass is 16.3. The fraction of sp³-hybridized carbons (Fsp3) is 0.571. The summed E-state index contributed by atoms with van der Waals surface area (Å²) in [5, 5.41) is 13.3. The zero-order valence-electron chi connectivity index (χ0n) is 10.7. The molecule has 1 atom stereocenters. The molecule has 0 amide bonds. The second kappa shape index (κ2) is 5.52. The van der Waals surface area contributed by atoms with Crippen molar-refractivity contribution in [1.29, 1.82) is 0 Å². The summed E-state index contributed by atoms with van der Waals surface area (Å²) in [6.45, 7) is 2.99. The van der Waals surface area contributed by atoms with Gasteiger partial charge >= 0.3 is 0 Å². The number of hydrogen-bond donors (Lipinski definition) is 2. The van der Waals surface area contributed by atoms with Gasteiger partial charge in [0.2, 0.25) is 0 Å². The molecule has 0 radical (unpaired) electrons. The predicted molar refractivity (Wildman–Crippen MR) is 70.3 cm³/mol. The standard InChI is InChI=1S/C14H22N2O/c1-16(2)10-13-8-11(5-6-14(13)17)12-4-3-7-15-9-12/h5-6,8,12,15,17H,3-4,7,9-10H2,1-2H3. The molecule has 17 heavy (non-hydrogen) atoms. The molecular formula is C14H22N2O. The third-order valence-corrected chi connectivity index (χ3v) is 3.36. The summed E-state index contributed by atoms with van der Waals surface area (Å²) in [4.78, 5) is 2.08. The van der Waals surface area contributed by atoms with Crippen LogP contribution in [0.5, 0.6) is 5.75 Å². The first kappa shape index (κ1) is 12.4. The van der Waals surface area contributed by atoms with E-state index in [0.717, 1.165) is 25.2 Å². The molecule has 1 aromatic rings. The SMILES string of the molecule is CN(C)Cc1cc(C2CCCNC2)ccc1O. The normalized spacial score (nSPS) is 20.8. The number of nitrogens with zero attached hydrogens (tertiary/aromatic N) is 1. The van der Waals surface area contributed by atoms with Gasteiger partial charge in [0.1, 0.15) is 5.75 Å². The zero-order chi connectivity index (χ0) is 12.3. The van der Waals surface area contributed by atoms with Gasteiger partial charge in [-0.3, -0.25) is 0 Å². The Balaban J connectivity index is 2.17. The number of benzene rings is 1. The highest BCUT2D eigenvalue weighted by molar-refractivity contribution is 5.37. The second-order valence-electron chi connectivity index (χ2n) is 5.17. The van der Waals surface area contributed by atoms with Gasteiger partial charge in [-0.1, -0.05) is 12.1 Å². The number of rotatable bonds is 3. The molecule has 3 heteroatoms. The molecule has 1 saturated heterocycles. The van der Waals surface area contributed by atoms with Crippen molar-refractivity contribution in [3.63, 3.8) is 0 Å². The molecule has 2 rings (SSSR count). The van der Waals surface area contributed by atoms with E-state index in [9.17, 15) is 5.11 Å². The Kier molecular flexibility index (Phi) is 4.02. The molecule has 1 aliphatic heterocycles. The van der Waals surface area contributed by atoms with Crippen molar-refractivity contribution in [2.45, 2.75) is 25.3 Å². The van der Waals surface area contributed by atoms with E-state index < -0.39 is 0 Å². The molecule has 1 aliphatic rings. The van der Waals surface area contributed by atoms with Crippen LogP contribution in [0.1, 0.15) is 29.9 Å². The number of phenols is 1. The fourth-order valence-electron chi connectivity index (χ4n) is 2.46. The lowest BCUT2D eigenvalue weighted by Gasteiger charge is -2.24. The maximum Gasteiger partial charge on any atom is 0.120 e. The summed E-state index contributed by atoms with van der Waals surface area (Å²) in [5.74, 6) is 1.01. The molecular weight excluding hydrogens is 212 g/mol. The first-order valence-corrected chi connectivity index (χ1v) is 6.34. The Bertz CT molecular complexity index is 370. The average molecular weight is 234 g/mol. The summed E-state index contributed by atoms with van der Waals surface area (Å²) in [6, 6.07) is 6.06. The van der Waals surface area contributed by atoms with Gasteiger partial charge in [0, 0.05) is 18.7 Å². The van der Waals surface area contributed by atoms with Gasteiger partial charge in [-0.05, 0) is 51.0 Å². The summed E-state index contributed by atoms with van der Waals surface area (Å²) < 4.78 is 0. The average Bonchev–Trinajstić information content (AvgIpc) is 2.32. The molecule has 0 bridgehead atoms. The number of hydrogen-bond acceptors (Lipinski definition) is 3. The topological polar surface area (TPSA) is 35.5 Å². The van der Waals surface area contributed by atoms with Gasteiger partial charge in [0.15, 0.2) is 0 Å². The van der Waals surface area contributed by atoms with E-state index in [-0.39, 0.29) is 0 Å². The predicted octanol–water partition coefficient (Wildman–Crippen LogP) is 1.92. The molecule has 0 saturated carbocycles. The van der Waals surface area contributed by atoms with Crippen molar-refractivity contribution in [1.82, 2.24) is 10.2 Å². The lowest BCUT2D eigenvalue weighted by molar-refractivity contribution is 0.384. The Labute approximate surface area is 103 Å². The minimum Gasteiger partial charge on any atom is -0.508 e. The molecule has 0 aliphatic carbocycles. The lowest BCUT2D eigenvalue weighted by atomic mass is 9.90. The zero-order valence-corrected chi connectivity index (χ0v) is 10.7. The first-order valence-electron chi connectivity index (χ1n) is 6.34. The van der Waals surface area contributed by atoms with Crippen LogP contribution < -0.4 is 5.32 Å². The van der Waals surface area contributed by atoms with Crippen LogP contribution in [0.2, 0.25) is 0 Å². The molecule has 1 unspecified atom stereocenters. The van der Waals surface area contributed by atoms with Crippen LogP contribution in [0.4, 0.5) is 0 Å². The van der Waals surface area contributed by atoms with Crippen LogP contribution in [0.15, 0.2) is 18.2 Å². The molecule has 1 fully saturated rings. The van der Waals surface area contributed by atoms with Gasteiger partial charge in [0.25, 0.3) is 0 Å². The lowest BCUT2D eigenvalue weighted by Crippen LogP contribution is -2.28. The molecule has 94 valence electrons. The van der Waals surface area contributed by atoms with Crippen LogP contribution in [-0.2, 0) is 6.54 Å². The minimum atomic E-state index is 0.409. The van der Waals surface area contributed by atoms with E-state index in [1.165, 1.54) is 18.4 Å². The van der Waals surface area contributed by atoms with Gasteiger partial charge in [-0.2, -0.15) is 0 Å². The smallest absolute Gasteiger partial charge is 0.120 e. The van der Waals surface area contributed by atoms with Crippen molar-refractivity contribution in [2.75, 3.05) is 27.2 Å². The van der Waals surface area contributed by atoms with Crippen molar-refractivity contribution < 1.29 is 5.11 Å². The van der Waals surface area contributed by atoms with Crippen LogP contribution in [0, 0.1) is 0 Å². The number of phenolic OH excluding ortho intramolecular Hbond substituents is 1. The van der Waals surface area contributed by atoms with Crippen molar-refractivity contribution >= 4 is 0 Å². The third-order valence-electron chi connectivity index (χ3n) is 3.36. The summed E-state index contributed by atoms with van der Waals surface area (Å²) in [6.07, 6.45) is 2.49.